The van der Waals surface area contributed by atoms with Gasteiger partial charge in [-0.2, -0.15) is 0 Å². The minimum Gasteiger partial charge on any atom is -0.493 e. The van der Waals surface area contributed by atoms with Crippen LogP contribution in [-0.2, 0) is 9.53 Å². The zero-order valence-electron chi connectivity index (χ0n) is 25.1. The van der Waals surface area contributed by atoms with E-state index < -0.39 is 6.16 Å². The molecule has 2 fully saturated rings. The summed E-state index contributed by atoms with van der Waals surface area (Å²) in [4.78, 5) is 23.2. The van der Waals surface area contributed by atoms with Gasteiger partial charge in [-0.25, -0.2) is 4.79 Å². The number of nitrogens with zero attached hydrogens (tertiary/aromatic N) is 1. The predicted molar refractivity (Wildman–Crippen MR) is 171 cm³/mol. The molecule has 44 heavy (non-hydrogen) atoms. The van der Waals surface area contributed by atoms with Crippen LogP contribution in [0.4, 0.5) is 4.79 Å². The smallest absolute Gasteiger partial charge is 0.493 e. The highest BCUT2D eigenvalue weighted by Crippen LogP contribution is 2.33. The molecule has 1 heterocycles. The van der Waals surface area contributed by atoms with Gasteiger partial charge >= 0.3 is 6.16 Å². The molecule has 9 N–H and O–H groups in total. The summed E-state index contributed by atoms with van der Waals surface area (Å²) in [6, 6.07) is 13.0. The summed E-state index contributed by atoms with van der Waals surface area (Å²) in [5.41, 5.74) is 12.0. The lowest BCUT2D eigenvalue weighted by Crippen LogP contribution is -2.39. The number of methoxy groups -OCH3 is 2. The average Bonchev–Trinajstić information content (AvgIpc) is 3.01. The Kier molecular flexibility index (Phi) is 18.1. The Bertz CT molecular complexity index is 1200. The lowest BCUT2D eigenvalue weighted by atomic mass is 9.96. The zero-order chi connectivity index (χ0) is 32.9. The Morgan fingerprint density at radius 3 is 1.73 bits per heavy atom. The highest BCUT2D eigenvalue weighted by Gasteiger charge is 2.18. The highest BCUT2D eigenvalue weighted by molar-refractivity contribution is 6.30. The standard InChI is InChI=1S/C21H22ClNO4.C6H12.C2H7N5.CH2O3/c1-25-19-8-5-16(13-20(19)26-2)18(15-3-6-17(22)7-4-15)14-21(24)23-9-11-27-12-10-23;1-2-4-6-5-3-1;3-1(4)7-2(5)6;2-1(3)4/h3-8,13-14H,9-12H2,1-2H3;1-6H2;(H7,3,4,5,6,7);(H2,2,3,4)/b18-14+;;;. The van der Waals surface area contributed by atoms with Crippen LogP contribution in [0.25, 0.3) is 5.57 Å². The van der Waals surface area contributed by atoms with E-state index in [1.54, 1.807) is 25.2 Å². The molecule has 0 bridgehead atoms. The summed E-state index contributed by atoms with van der Waals surface area (Å²) in [6.07, 6.45) is 8.83. The number of carboxylic acid groups (broad SMARTS) is 2. The van der Waals surface area contributed by atoms with E-state index >= 15 is 0 Å². The molecule has 1 aliphatic heterocycles. The largest absolute Gasteiger partial charge is 0.503 e. The Morgan fingerprint density at radius 1 is 0.864 bits per heavy atom. The summed E-state index contributed by atoms with van der Waals surface area (Å²) in [6.45, 7) is 2.31. The first-order valence-electron chi connectivity index (χ1n) is 13.9. The molecule has 0 radical (unpaired) electrons. The van der Waals surface area contributed by atoms with Gasteiger partial charge in [0.05, 0.1) is 27.4 Å². The van der Waals surface area contributed by atoms with Gasteiger partial charge in [0, 0.05) is 24.2 Å². The first-order chi connectivity index (χ1) is 21.0. The molecule has 1 amide bonds. The number of ether oxygens (including phenoxy) is 3. The van der Waals surface area contributed by atoms with Crippen molar-refractivity contribution in [3.8, 4) is 11.5 Å². The molecule has 1 aliphatic carbocycles. The third-order valence-corrected chi connectivity index (χ3v) is 6.46. The second-order valence-electron chi connectivity index (χ2n) is 9.43. The summed E-state index contributed by atoms with van der Waals surface area (Å²) in [7, 11) is 3.18. The number of rotatable bonds is 5. The van der Waals surface area contributed by atoms with Gasteiger partial charge in [-0.3, -0.25) is 20.9 Å². The molecule has 0 aromatic heterocycles. The topological polar surface area (TPSA) is 217 Å². The van der Waals surface area contributed by atoms with Gasteiger partial charge in [-0.05, 0) is 41.0 Å². The fraction of sp³-hybridized carbons (Fsp3) is 0.400. The van der Waals surface area contributed by atoms with Crippen molar-refractivity contribution in [2.24, 2.45) is 11.5 Å². The predicted octanol–water partition coefficient (Wildman–Crippen LogP) is 4.57. The fourth-order valence-electron chi connectivity index (χ4n) is 4.17. The third-order valence-electron chi connectivity index (χ3n) is 6.21. The van der Waals surface area contributed by atoms with Crippen LogP contribution in [0.3, 0.4) is 0 Å². The van der Waals surface area contributed by atoms with Crippen molar-refractivity contribution in [3.63, 3.8) is 0 Å². The first-order valence-corrected chi connectivity index (χ1v) is 14.3. The molecule has 13 nitrogen and oxygen atoms in total. The molecular weight excluding hydrogens is 592 g/mol. The van der Waals surface area contributed by atoms with Crippen molar-refractivity contribution in [2.75, 3.05) is 40.5 Å². The lowest BCUT2D eigenvalue weighted by Gasteiger charge is -2.26. The SMILES string of the molecule is C1CCCCC1.COc1ccc(/C(=C/C(=O)N2CCOCC2)c2ccc(Cl)cc2)cc1OC.N=C(N)NC(=N)N.O=C(O)O. The number of morpholine rings is 1. The molecule has 0 atom stereocenters. The molecule has 2 aromatic rings. The summed E-state index contributed by atoms with van der Waals surface area (Å²) in [5, 5.41) is 29.6. The number of benzene rings is 2. The van der Waals surface area contributed by atoms with Gasteiger partial charge < -0.3 is 40.8 Å². The maximum absolute atomic E-state index is 12.8. The van der Waals surface area contributed by atoms with Crippen LogP contribution in [0, 0.1) is 10.8 Å². The van der Waals surface area contributed by atoms with E-state index in [0.29, 0.717) is 42.8 Å². The minimum absolute atomic E-state index is 0.0435. The molecular formula is C30H43ClN6O7. The van der Waals surface area contributed by atoms with E-state index in [2.05, 4.69) is 0 Å². The fourth-order valence-corrected chi connectivity index (χ4v) is 4.30. The number of nitrogens with one attached hydrogen (secondary N) is 3. The third kappa shape index (κ3) is 15.7. The van der Waals surface area contributed by atoms with Gasteiger partial charge in [0.1, 0.15) is 0 Å². The molecule has 2 aromatic carbocycles. The van der Waals surface area contributed by atoms with E-state index in [-0.39, 0.29) is 17.8 Å². The van der Waals surface area contributed by atoms with Crippen LogP contribution in [-0.4, -0.2) is 79.6 Å². The van der Waals surface area contributed by atoms with Crippen LogP contribution in [0.2, 0.25) is 5.02 Å². The molecule has 2 aliphatic rings. The van der Waals surface area contributed by atoms with Gasteiger partial charge in [0.2, 0.25) is 5.91 Å². The number of guanidine groups is 2. The van der Waals surface area contributed by atoms with Crippen LogP contribution in [0.1, 0.15) is 49.7 Å². The second-order valence-corrected chi connectivity index (χ2v) is 9.87. The van der Waals surface area contributed by atoms with E-state index in [4.69, 9.17) is 63.1 Å². The Labute approximate surface area is 262 Å². The first kappa shape index (κ1) is 37.5. The van der Waals surface area contributed by atoms with E-state index in [9.17, 15) is 4.79 Å². The van der Waals surface area contributed by atoms with E-state index in [1.807, 2.05) is 47.8 Å². The summed E-state index contributed by atoms with van der Waals surface area (Å²) in [5.74, 6) is 0.572. The summed E-state index contributed by atoms with van der Waals surface area (Å²) >= 11 is 6.03. The summed E-state index contributed by atoms with van der Waals surface area (Å²) < 4.78 is 16.1. The average molecular weight is 635 g/mol. The van der Waals surface area contributed by atoms with Gasteiger partial charge in [0.15, 0.2) is 23.4 Å². The molecule has 4 rings (SSSR count). The van der Waals surface area contributed by atoms with Crippen LogP contribution in [0.15, 0.2) is 48.5 Å². The van der Waals surface area contributed by atoms with Crippen LogP contribution < -0.4 is 26.3 Å². The number of nitrogens with two attached hydrogens (primary N) is 2. The van der Waals surface area contributed by atoms with E-state index in [0.717, 1.165) is 16.7 Å². The van der Waals surface area contributed by atoms with Gasteiger partial charge in [-0.1, -0.05) is 68.3 Å². The second kappa shape index (κ2) is 21.2. The Morgan fingerprint density at radius 2 is 1.32 bits per heavy atom. The highest BCUT2D eigenvalue weighted by atomic mass is 35.5. The lowest BCUT2D eigenvalue weighted by molar-refractivity contribution is -0.129. The van der Waals surface area contributed by atoms with Gasteiger partial charge in [-0.15, -0.1) is 0 Å². The zero-order valence-corrected chi connectivity index (χ0v) is 25.9. The molecule has 1 saturated heterocycles. The minimum atomic E-state index is -1.83. The number of hydrogen-bond acceptors (Lipinski definition) is 7. The van der Waals surface area contributed by atoms with Crippen LogP contribution in [0.5, 0.6) is 11.5 Å². The number of halogens is 1. The maximum Gasteiger partial charge on any atom is 0.503 e. The van der Waals surface area contributed by atoms with Crippen LogP contribution >= 0.6 is 11.6 Å². The van der Waals surface area contributed by atoms with Gasteiger partial charge in [0.25, 0.3) is 0 Å². The molecule has 0 unspecified atom stereocenters. The Balaban J connectivity index is 0.000000462. The van der Waals surface area contributed by atoms with E-state index in [1.165, 1.54) is 38.5 Å². The molecule has 0 spiro atoms. The number of carbonyl (C=O) groups excluding carboxylic acids is 1. The van der Waals surface area contributed by atoms with Crippen molar-refractivity contribution in [2.45, 2.75) is 38.5 Å². The van der Waals surface area contributed by atoms with Crippen molar-refractivity contribution in [1.82, 2.24) is 10.2 Å². The normalized spacial score (nSPS) is 14.1. The van der Waals surface area contributed by atoms with Crippen molar-refractivity contribution in [3.05, 3.63) is 64.7 Å². The number of carbonyl (C=O) groups is 2. The molecule has 14 heteroatoms. The number of amides is 1. The van der Waals surface area contributed by atoms with Crippen molar-refractivity contribution >= 4 is 41.2 Å². The Hall–Kier alpha value is -4.49. The van der Waals surface area contributed by atoms with Crippen molar-refractivity contribution < 1.29 is 34.0 Å². The quantitative estimate of drug-likeness (QED) is 0.138. The number of hydrogen-bond donors (Lipinski definition) is 7. The monoisotopic (exact) mass is 634 g/mol. The molecule has 1 saturated carbocycles. The van der Waals surface area contributed by atoms with Crippen molar-refractivity contribution in [1.29, 1.82) is 10.8 Å². The molecule has 242 valence electrons. The maximum atomic E-state index is 12.8.